The molecule has 1 N–H and O–H groups in total. The molecule has 0 aromatic heterocycles. The number of benzene rings is 3. The predicted octanol–water partition coefficient (Wildman–Crippen LogP) is 5.00. The third kappa shape index (κ3) is 3.83. The zero-order chi connectivity index (χ0) is 20.6. The van der Waals surface area contributed by atoms with Gasteiger partial charge in [-0.3, -0.25) is 9.10 Å². The highest BCUT2D eigenvalue weighted by Gasteiger charge is 2.31. The second-order valence-corrected chi connectivity index (χ2v) is 9.26. The number of para-hydroxylation sites is 1. The van der Waals surface area contributed by atoms with Crippen LogP contribution in [-0.2, 0) is 16.4 Å². The summed E-state index contributed by atoms with van der Waals surface area (Å²) in [7, 11) is -3.70. The molecule has 29 heavy (non-hydrogen) atoms. The molecule has 0 saturated carbocycles. The second-order valence-electron chi connectivity index (χ2n) is 6.56. The SMILES string of the molecule is O=C(Nc1ccccc1Cl)c1ccc2c(c1)CCN2S(=O)(=O)c1ccc(Cl)cc1. The molecule has 0 saturated heterocycles. The van der Waals surface area contributed by atoms with Crippen LogP contribution in [0.2, 0.25) is 10.0 Å². The standard InChI is InChI=1S/C21H16Cl2N2O3S/c22-16-6-8-17(9-7-16)29(27,28)25-12-11-14-13-15(5-10-20(14)25)21(26)24-19-4-2-1-3-18(19)23/h1-10,13H,11-12H2,(H,24,26). The average Bonchev–Trinajstić information content (AvgIpc) is 3.14. The quantitative estimate of drug-likeness (QED) is 0.613. The van der Waals surface area contributed by atoms with Crippen LogP contribution in [0.1, 0.15) is 15.9 Å². The first-order valence-corrected chi connectivity index (χ1v) is 11.0. The summed E-state index contributed by atoms with van der Waals surface area (Å²) in [5, 5.41) is 3.69. The number of carbonyl (C=O) groups is 1. The van der Waals surface area contributed by atoms with Gasteiger partial charge in [-0.15, -0.1) is 0 Å². The van der Waals surface area contributed by atoms with Crippen molar-refractivity contribution in [2.24, 2.45) is 0 Å². The maximum atomic E-state index is 13.0. The van der Waals surface area contributed by atoms with E-state index >= 15 is 0 Å². The Bertz CT molecular complexity index is 1190. The van der Waals surface area contributed by atoms with E-state index in [1.54, 1.807) is 54.6 Å². The number of nitrogens with zero attached hydrogens (tertiary/aromatic N) is 1. The highest BCUT2D eigenvalue weighted by Crippen LogP contribution is 2.34. The molecule has 0 spiro atoms. The summed E-state index contributed by atoms with van der Waals surface area (Å²) in [5.74, 6) is -0.306. The van der Waals surface area contributed by atoms with Gasteiger partial charge in [-0.1, -0.05) is 35.3 Å². The van der Waals surface area contributed by atoms with Crippen molar-refractivity contribution >= 4 is 50.5 Å². The van der Waals surface area contributed by atoms with Crippen LogP contribution in [0, 0.1) is 0 Å². The molecule has 1 heterocycles. The van der Waals surface area contributed by atoms with E-state index in [1.807, 2.05) is 0 Å². The Kier molecular flexibility index (Phi) is 5.25. The number of hydrogen-bond acceptors (Lipinski definition) is 3. The van der Waals surface area contributed by atoms with Gasteiger partial charge in [0.2, 0.25) is 0 Å². The summed E-state index contributed by atoms with van der Waals surface area (Å²) < 4.78 is 27.4. The normalized spacial score (nSPS) is 13.2. The molecule has 1 aliphatic rings. The van der Waals surface area contributed by atoms with Gasteiger partial charge >= 0.3 is 0 Å². The van der Waals surface area contributed by atoms with Crippen LogP contribution >= 0.6 is 23.2 Å². The number of rotatable bonds is 4. The van der Waals surface area contributed by atoms with Crippen LogP contribution in [0.25, 0.3) is 0 Å². The third-order valence-corrected chi connectivity index (χ3v) is 7.13. The number of sulfonamides is 1. The van der Waals surface area contributed by atoms with Gasteiger partial charge in [-0.05, 0) is 66.6 Å². The Morgan fingerprint density at radius 3 is 2.41 bits per heavy atom. The summed E-state index contributed by atoms with van der Waals surface area (Å²) in [4.78, 5) is 12.8. The van der Waals surface area contributed by atoms with Crippen LogP contribution in [-0.4, -0.2) is 20.9 Å². The minimum absolute atomic E-state index is 0.176. The molecule has 3 aromatic rings. The Morgan fingerprint density at radius 2 is 1.69 bits per heavy atom. The predicted molar refractivity (Wildman–Crippen MR) is 116 cm³/mol. The number of anilines is 2. The fourth-order valence-electron chi connectivity index (χ4n) is 3.25. The maximum absolute atomic E-state index is 13.0. The van der Waals surface area contributed by atoms with Crippen LogP contribution in [0.15, 0.2) is 71.6 Å². The highest BCUT2D eigenvalue weighted by molar-refractivity contribution is 7.92. The van der Waals surface area contributed by atoms with Crippen molar-refractivity contribution in [2.75, 3.05) is 16.2 Å². The van der Waals surface area contributed by atoms with Crippen molar-refractivity contribution in [3.8, 4) is 0 Å². The van der Waals surface area contributed by atoms with Crippen molar-refractivity contribution in [2.45, 2.75) is 11.3 Å². The van der Waals surface area contributed by atoms with Gasteiger partial charge in [0, 0.05) is 17.1 Å². The van der Waals surface area contributed by atoms with Gasteiger partial charge in [-0.2, -0.15) is 0 Å². The van der Waals surface area contributed by atoms with E-state index in [2.05, 4.69) is 5.32 Å². The van der Waals surface area contributed by atoms with Crippen molar-refractivity contribution in [3.63, 3.8) is 0 Å². The fourth-order valence-corrected chi connectivity index (χ4v) is 5.07. The van der Waals surface area contributed by atoms with Gasteiger partial charge < -0.3 is 5.32 Å². The maximum Gasteiger partial charge on any atom is 0.264 e. The molecule has 0 unspecified atom stereocenters. The number of halogens is 2. The molecule has 4 rings (SSSR count). The number of amides is 1. The van der Waals surface area contributed by atoms with E-state index in [-0.39, 0.29) is 10.8 Å². The lowest BCUT2D eigenvalue weighted by Gasteiger charge is -2.19. The largest absolute Gasteiger partial charge is 0.321 e. The topological polar surface area (TPSA) is 66.5 Å². The molecular formula is C21H16Cl2N2O3S. The first-order valence-electron chi connectivity index (χ1n) is 8.83. The van der Waals surface area contributed by atoms with Gasteiger partial charge in [-0.25, -0.2) is 8.42 Å². The first kappa shape index (κ1) is 19.8. The second kappa shape index (κ2) is 7.71. The lowest BCUT2D eigenvalue weighted by atomic mass is 10.1. The molecule has 0 bridgehead atoms. The fraction of sp³-hybridized carbons (Fsp3) is 0.0952. The minimum Gasteiger partial charge on any atom is -0.321 e. The van der Waals surface area contributed by atoms with E-state index in [9.17, 15) is 13.2 Å². The Balaban J connectivity index is 1.60. The summed E-state index contributed by atoms with van der Waals surface area (Å²) in [6.45, 7) is 0.315. The molecule has 148 valence electrons. The number of nitrogens with one attached hydrogen (secondary N) is 1. The van der Waals surface area contributed by atoms with Crippen LogP contribution in [0.5, 0.6) is 0 Å². The van der Waals surface area contributed by atoms with E-state index < -0.39 is 10.0 Å². The smallest absolute Gasteiger partial charge is 0.264 e. The summed E-state index contributed by atoms with van der Waals surface area (Å²) in [6.07, 6.45) is 0.523. The van der Waals surface area contributed by atoms with E-state index in [0.717, 1.165) is 5.56 Å². The lowest BCUT2D eigenvalue weighted by Crippen LogP contribution is -2.29. The molecular weight excluding hydrogens is 431 g/mol. The molecule has 5 nitrogen and oxygen atoms in total. The van der Waals surface area contributed by atoms with Gasteiger partial charge in [0.05, 0.1) is 21.3 Å². The Hall–Kier alpha value is -2.54. The zero-order valence-corrected chi connectivity index (χ0v) is 17.4. The van der Waals surface area contributed by atoms with Crippen molar-refractivity contribution in [1.29, 1.82) is 0 Å². The molecule has 0 atom stereocenters. The molecule has 0 aliphatic carbocycles. The summed E-state index contributed by atoms with van der Waals surface area (Å²) in [5.41, 5.74) is 2.34. The van der Waals surface area contributed by atoms with Gasteiger partial charge in [0.25, 0.3) is 15.9 Å². The van der Waals surface area contributed by atoms with Crippen LogP contribution in [0.3, 0.4) is 0 Å². The highest BCUT2D eigenvalue weighted by atomic mass is 35.5. The zero-order valence-electron chi connectivity index (χ0n) is 15.1. The van der Waals surface area contributed by atoms with Gasteiger partial charge in [0.1, 0.15) is 0 Å². The Labute approximate surface area is 178 Å². The molecule has 0 fully saturated rings. The minimum atomic E-state index is -3.70. The van der Waals surface area contributed by atoms with E-state index in [0.29, 0.717) is 39.9 Å². The monoisotopic (exact) mass is 446 g/mol. The van der Waals surface area contributed by atoms with Crippen molar-refractivity contribution in [3.05, 3.63) is 87.9 Å². The molecule has 0 radical (unpaired) electrons. The van der Waals surface area contributed by atoms with Crippen LogP contribution in [0.4, 0.5) is 11.4 Å². The van der Waals surface area contributed by atoms with Crippen molar-refractivity contribution in [1.82, 2.24) is 0 Å². The van der Waals surface area contributed by atoms with E-state index in [1.165, 1.54) is 16.4 Å². The molecule has 1 aliphatic heterocycles. The van der Waals surface area contributed by atoms with E-state index in [4.69, 9.17) is 23.2 Å². The molecule has 8 heteroatoms. The van der Waals surface area contributed by atoms with Gasteiger partial charge in [0.15, 0.2) is 0 Å². The van der Waals surface area contributed by atoms with Crippen molar-refractivity contribution < 1.29 is 13.2 Å². The lowest BCUT2D eigenvalue weighted by molar-refractivity contribution is 0.102. The third-order valence-electron chi connectivity index (χ3n) is 4.72. The average molecular weight is 447 g/mol. The summed E-state index contributed by atoms with van der Waals surface area (Å²) >= 11 is 12.0. The summed E-state index contributed by atoms with van der Waals surface area (Å²) in [6, 6.07) is 18.0. The molecule has 1 amide bonds. The molecule has 3 aromatic carbocycles. The number of carbonyl (C=O) groups excluding carboxylic acids is 1. The number of fused-ring (bicyclic) bond motifs is 1. The number of hydrogen-bond donors (Lipinski definition) is 1. The Morgan fingerprint density at radius 1 is 0.966 bits per heavy atom. The van der Waals surface area contributed by atoms with Crippen LogP contribution < -0.4 is 9.62 Å². The first-order chi connectivity index (χ1) is 13.9.